The van der Waals surface area contributed by atoms with Crippen molar-refractivity contribution in [2.24, 2.45) is 0 Å². The molecule has 0 bridgehead atoms. The number of methoxy groups -OCH3 is 4. The highest BCUT2D eigenvalue weighted by atomic mass is 32.1. The van der Waals surface area contributed by atoms with Gasteiger partial charge in [0.05, 0.1) is 39.6 Å². The van der Waals surface area contributed by atoms with E-state index in [2.05, 4.69) is 10.3 Å². The topological polar surface area (TPSA) is 122 Å². The summed E-state index contributed by atoms with van der Waals surface area (Å²) in [4.78, 5) is 29.4. The number of ether oxygens (including phenoxy) is 4. The summed E-state index contributed by atoms with van der Waals surface area (Å²) in [6.45, 7) is 0. The lowest BCUT2D eigenvalue weighted by Gasteiger charge is -2.14. The molecule has 2 aromatic carbocycles. The van der Waals surface area contributed by atoms with Crippen LogP contribution in [0.1, 0.15) is 25.6 Å². The van der Waals surface area contributed by atoms with E-state index in [-0.39, 0.29) is 27.8 Å². The van der Waals surface area contributed by atoms with Gasteiger partial charge in [-0.15, -0.1) is 0 Å². The van der Waals surface area contributed by atoms with Gasteiger partial charge in [-0.2, -0.15) is 0 Å². The van der Waals surface area contributed by atoms with Gasteiger partial charge >= 0.3 is 5.97 Å². The van der Waals surface area contributed by atoms with Crippen molar-refractivity contribution in [2.75, 3.05) is 39.5 Å². The molecule has 9 nitrogen and oxygen atoms in total. The van der Waals surface area contributed by atoms with Crippen LogP contribution in [0.25, 0.3) is 0 Å². The number of hydrogen-bond acceptors (Lipinski definition) is 10. The Hall–Kier alpha value is -3.79. The average molecular weight is 443 g/mol. The van der Waals surface area contributed by atoms with Gasteiger partial charge in [-0.1, -0.05) is 17.4 Å². The summed E-state index contributed by atoms with van der Waals surface area (Å²) in [6.07, 6.45) is 0. The number of nitrogens with zero attached hydrogens (tertiary/aromatic N) is 1. The first-order chi connectivity index (χ1) is 14.9. The second kappa shape index (κ2) is 9.35. The third-order valence-corrected chi connectivity index (χ3v) is 5.33. The SMILES string of the molecule is COC(=O)c1cccc(Nc2nc(N)c(C(=O)c3ccc(OC)c(OC)c3OC)s2)c1. The molecule has 0 fully saturated rings. The highest BCUT2D eigenvalue weighted by molar-refractivity contribution is 7.18. The molecule has 1 heterocycles. The third kappa shape index (κ3) is 4.38. The van der Waals surface area contributed by atoms with Gasteiger partial charge in [0.25, 0.3) is 0 Å². The van der Waals surface area contributed by atoms with Crippen molar-refractivity contribution >= 4 is 39.7 Å². The molecular weight excluding hydrogens is 422 g/mol. The molecule has 0 radical (unpaired) electrons. The van der Waals surface area contributed by atoms with Gasteiger partial charge in [0, 0.05) is 5.69 Å². The minimum Gasteiger partial charge on any atom is -0.493 e. The highest BCUT2D eigenvalue weighted by Gasteiger charge is 2.25. The van der Waals surface area contributed by atoms with Gasteiger partial charge in [-0.3, -0.25) is 4.79 Å². The van der Waals surface area contributed by atoms with Crippen LogP contribution in [0.15, 0.2) is 36.4 Å². The first-order valence-electron chi connectivity index (χ1n) is 8.98. The molecule has 0 saturated carbocycles. The summed E-state index contributed by atoms with van der Waals surface area (Å²) in [5, 5.41) is 3.44. The van der Waals surface area contributed by atoms with Crippen molar-refractivity contribution in [3.05, 3.63) is 52.4 Å². The largest absolute Gasteiger partial charge is 0.493 e. The normalized spacial score (nSPS) is 10.3. The molecule has 0 aliphatic rings. The predicted octanol–water partition coefficient (Wildman–Crippen LogP) is 3.51. The number of nitrogen functional groups attached to an aromatic ring is 1. The average Bonchev–Trinajstić information content (AvgIpc) is 3.16. The molecule has 3 rings (SSSR count). The fourth-order valence-electron chi connectivity index (χ4n) is 2.92. The Kier molecular flexibility index (Phi) is 6.61. The van der Waals surface area contributed by atoms with Gasteiger partial charge in [0.2, 0.25) is 11.5 Å². The Labute approximate surface area is 182 Å². The molecule has 0 spiro atoms. The smallest absolute Gasteiger partial charge is 0.337 e. The van der Waals surface area contributed by atoms with Crippen LogP contribution in [0.4, 0.5) is 16.6 Å². The number of carbonyl (C=O) groups excluding carboxylic acids is 2. The first-order valence-corrected chi connectivity index (χ1v) is 9.80. The van der Waals surface area contributed by atoms with Crippen molar-refractivity contribution in [1.29, 1.82) is 0 Å². The second-order valence-corrected chi connectivity index (χ2v) is 7.14. The predicted molar refractivity (Wildman–Crippen MR) is 117 cm³/mol. The maximum Gasteiger partial charge on any atom is 0.337 e. The second-order valence-electron chi connectivity index (χ2n) is 6.14. The zero-order valence-electron chi connectivity index (χ0n) is 17.3. The summed E-state index contributed by atoms with van der Waals surface area (Å²) < 4.78 is 20.7. The quantitative estimate of drug-likeness (QED) is 0.398. The molecule has 0 aliphatic heterocycles. The van der Waals surface area contributed by atoms with Crippen molar-refractivity contribution in [3.63, 3.8) is 0 Å². The van der Waals surface area contributed by atoms with Gasteiger partial charge in [0.1, 0.15) is 10.7 Å². The van der Waals surface area contributed by atoms with Gasteiger partial charge in [-0.05, 0) is 30.3 Å². The number of aromatic nitrogens is 1. The lowest BCUT2D eigenvalue weighted by molar-refractivity contribution is 0.0600. The Balaban J connectivity index is 1.93. The molecule has 162 valence electrons. The van der Waals surface area contributed by atoms with Crippen LogP contribution in [0, 0.1) is 0 Å². The summed E-state index contributed by atoms with van der Waals surface area (Å²) in [5.41, 5.74) is 7.25. The molecule has 0 amide bonds. The number of nitrogens with one attached hydrogen (secondary N) is 1. The van der Waals surface area contributed by atoms with Crippen LogP contribution in [-0.4, -0.2) is 45.2 Å². The first kappa shape index (κ1) is 21.9. The van der Waals surface area contributed by atoms with E-state index in [1.54, 1.807) is 36.4 Å². The summed E-state index contributed by atoms with van der Waals surface area (Å²) in [5.74, 6) is 0.208. The van der Waals surface area contributed by atoms with Crippen molar-refractivity contribution in [3.8, 4) is 17.2 Å². The minimum atomic E-state index is -0.460. The van der Waals surface area contributed by atoms with Crippen molar-refractivity contribution in [1.82, 2.24) is 4.98 Å². The Morgan fingerprint density at radius 2 is 1.74 bits per heavy atom. The molecular formula is C21H21N3O6S. The Bertz CT molecular complexity index is 1130. The fourth-order valence-corrected chi connectivity index (χ4v) is 3.77. The van der Waals surface area contributed by atoms with Gasteiger partial charge in [-0.25, -0.2) is 9.78 Å². The summed E-state index contributed by atoms with van der Waals surface area (Å²) in [7, 11) is 5.70. The van der Waals surface area contributed by atoms with E-state index >= 15 is 0 Å². The van der Waals surface area contributed by atoms with E-state index in [1.807, 2.05) is 0 Å². The Morgan fingerprint density at radius 3 is 2.39 bits per heavy atom. The molecule has 0 saturated heterocycles. The zero-order valence-corrected chi connectivity index (χ0v) is 18.2. The molecule has 10 heteroatoms. The standard InChI is InChI=1S/C21H21N3O6S/c1-27-14-9-8-13(16(28-2)17(14)29-3)15(25)18-19(22)24-21(31-18)23-12-7-5-6-11(10-12)20(26)30-4/h5-10H,22H2,1-4H3,(H,23,24). The molecule has 0 aliphatic carbocycles. The van der Waals surface area contributed by atoms with Crippen LogP contribution in [-0.2, 0) is 4.74 Å². The maximum atomic E-state index is 13.2. The van der Waals surface area contributed by atoms with Crippen LogP contribution in [0.3, 0.4) is 0 Å². The van der Waals surface area contributed by atoms with Gasteiger partial charge < -0.3 is 30.0 Å². The van der Waals surface area contributed by atoms with E-state index in [0.29, 0.717) is 27.9 Å². The number of anilines is 3. The number of benzene rings is 2. The molecule has 3 aromatic rings. The number of thiazole rings is 1. The third-order valence-electron chi connectivity index (χ3n) is 4.34. The number of hydrogen-bond donors (Lipinski definition) is 2. The van der Waals surface area contributed by atoms with E-state index in [1.165, 1.54) is 28.4 Å². The number of ketones is 1. The maximum absolute atomic E-state index is 13.2. The summed E-state index contributed by atoms with van der Waals surface area (Å²) >= 11 is 1.08. The zero-order chi connectivity index (χ0) is 22.5. The van der Waals surface area contributed by atoms with Crippen LogP contribution in [0.5, 0.6) is 17.2 Å². The molecule has 1 aromatic heterocycles. The number of esters is 1. The van der Waals surface area contributed by atoms with E-state index in [0.717, 1.165) is 11.3 Å². The Morgan fingerprint density at radius 1 is 1.00 bits per heavy atom. The fraction of sp³-hybridized carbons (Fsp3) is 0.190. The lowest BCUT2D eigenvalue weighted by atomic mass is 10.1. The van der Waals surface area contributed by atoms with Crippen LogP contribution in [0.2, 0.25) is 0 Å². The van der Waals surface area contributed by atoms with Crippen LogP contribution < -0.4 is 25.3 Å². The molecule has 0 unspecified atom stereocenters. The van der Waals surface area contributed by atoms with Crippen molar-refractivity contribution in [2.45, 2.75) is 0 Å². The highest BCUT2D eigenvalue weighted by Crippen LogP contribution is 2.41. The van der Waals surface area contributed by atoms with E-state index < -0.39 is 5.97 Å². The summed E-state index contributed by atoms with van der Waals surface area (Å²) in [6, 6.07) is 9.89. The number of carbonyl (C=O) groups is 2. The number of nitrogens with two attached hydrogens (primary N) is 1. The van der Waals surface area contributed by atoms with E-state index in [9.17, 15) is 9.59 Å². The van der Waals surface area contributed by atoms with Gasteiger partial charge in [0.15, 0.2) is 16.6 Å². The molecule has 3 N–H and O–H groups in total. The lowest BCUT2D eigenvalue weighted by Crippen LogP contribution is -2.06. The van der Waals surface area contributed by atoms with Crippen molar-refractivity contribution < 1.29 is 28.5 Å². The number of rotatable bonds is 8. The molecule has 0 atom stereocenters. The van der Waals surface area contributed by atoms with E-state index in [4.69, 9.17) is 24.7 Å². The van der Waals surface area contributed by atoms with Crippen LogP contribution >= 0.6 is 11.3 Å². The molecule has 31 heavy (non-hydrogen) atoms. The monoisotopic (exact) mass is 443 g/mol. The minimum absolute atomic E-state index is 0.0680.